The second-order valence-corrected chi connectivity index (χ2v) is 8.05. The second-order valence-electron chi connectivity index (χ2n) is 5.46. The molecule has 0 saturated heterocycles. The Morgan fingerprint density at radius 2 is 2.17 bits per heavy atom. The molecule has 1 aliphatic rings. The summed E-state index contributed by atoms with van der Waals surface area (Å²) in [7, 11) is -3.48. The monoisotopic (exact) mass is 360 g/mol. The predicted octanol–water partition coefficient (Wildman–Crippen LogP) is 3.44. The van der Waals surface area contributed by atoms with Crippen molar-refractivity contribution in [3.8, 4) is 0 Å². The summed E-state index contributed by atoms with van der Waals surface area (Å²) in [5.41, 5.74) is 1.17. The van der Waals surface area contributed by atoms with Crippen molar-refractivity contribution < 1.29 is 22.3 Å². The van der Waals surface area contributed by atoms with Gasteiger partial charge in [-0.1, -0.05) is 29.3 Å². The van der Waals surface area contributed by atoms with Crippen LogP contribution in [0.4, 0.5) is 4.39 Å². The SMILES string of the molecule is O=COCCC1=CCCCC1S(=O)(=O)Cc1ccc(F)cc1Cl. The first-order chi connectivity index (χ1) is 10.9. The Balaban J connectivity index is 2.17. The van der Waals surface area contributed by atoms with Gasteiger partial charge < -0.3 is 4.74 Å². The lowest BCUT2D eigenvalue weighted by Crippen LogP contribution is -2.28. The van der Waals surface area contributed by atoms with Crippen LogP contribution in [0.15, 0.2) is 29.8 Å². The van der Waals surface area contributed by atoms with Crippen molar-refractivity contribution in [2.24, 2.45) is 0 Å². The maximum absolute atomic E-state index is 13.1. The van der Waals surface area contributed by atoms with E-state index in [0.29, 0.717) is 24.9 Å². The number of hydrogen-bond acceptors (Lipinski definition) is 4. The first-order valence-corrected chi connectivity index (χ1v) is 9.43. The van der Waals surface area contributed by atoms with Crippen molar-refractivity contribution in [2.75, 3.05) is 6.61 Å². The standard InChI is InChI=1S/C16H18ClFO4S/c17-15-9-14(18)6-5-13(15)10-23(20,21)16-4-2-1-3-12(16)7-8-22-11-19/h3,5-6,9,11,16H,1-2,4,7-8,10H2. The van der Waals surface area contributed by atoms with E-state index in [1.54, 1.807) is 0 Å². The molecule has 126 valence electrons. The fourth-order valence-corrected chi connectivity index (χ4v) is 5.16. The molecule has 0 saturated carbocycles. The van der Waals surface area contributed by atoms with Crippen LogP contribution in [0.2, 0.25) is 5.02 Å². The summed E-state index contributed by atoms with van der Waals surface area (Å²) in [5, 5.41) is -0.494. The van der Waals surface area contributed by atoms with E-state index in [-0.39, 0.29) is 17.4 Å². The number of rotatable bonds is 7. The lowest BCUT2D eigenvalue weighted by atomic mass is 9.97. The molecule has 1 unspecified atom stereocenters. The van der Waals surface area contributed by atoms with Gasteiger partial charge in [-0.05, 0) is 37.0 Å². The zero-order chi connectivity index (χ0) is 16.9. The summed E-state index contributed by atoms with van der Waals surface area (Å²) in [5.74, 6) is -0.733. The molecule has 0 radical (unpaired) electrons. The molecule has 0 N–H and O–H groups in total. The number of carbonyl (C=O) groups excluding carboxylic acids is 1. The van der Waals surface area contributed by atoms with Gasteiger partial charge in [0.05, 0.1) is 17.6 Å². The molecule has 23 heavy (non-hydrogen) atoms. The van der Waals surface area contributed by atoms with Crippen molar-refractivity contribution in [3.05, 3.63) is 46.3 Å². The Morgan fingerprint density at radius 3 is 2.87 bits per heavy atom. The molecule has 0 fully saturated rings. The highest BCUT2D eigenvalue weighted by Gasteiger charge is 2.31. The van der Waals surface area contributed by atoms with Crippen LogP contribution in [0.5, 0.6) is 0 Å². The van der Waals surface area contributed by atoms with Crippen LogP contribution in [0.1, 0.15) is 31.2 Å². The fourth-order valence-electron chi connectivity index (χ4n) is 2.76. The first-order valence-electron chi connectivity index (χ1n) is 7.33. The van der Waals surface area contributed by atoms with Gasteiger partial charge in [-0.3, -0.25) is 4.79 Å². The van der Waals surface area contributed by atoms with Crippen LogP contribution in [-0.4, -0.2) is 26.7 Å². The summed E-state index contributed by atoms with van der Waals surface area (Å²) in [6.07, 6.45) is 4.46. The van der Waals surface area contributed by atoms with E-state index in [9.17, 15) is 17.6 Å². The van der Waals surface area contributed by atoms with Gasteiger partial charge >= 0.3 is 0 Å². The van der Waals surface area contributed by atoms with Crippen molar-refractivity contribution >= 4 is 27.9 Å². The lowest BCUT2D eigenvalue weighted by molar-refractivity contribution is -0.128. The second kappa shape index (κ2) is 7.93. The third-order valence-corrected chi connectivity index (χ3v) is 6.34. The van der Waals surface area contributed by atoms with Crippen molar-refractivity contribution in [1.82, 2.24) is 0 Å². The molecular weight excluding hydrogens is 343 g/mol. The largest absolute Gasteiger partial charge is 0.468 e. The molecule has 0 aliphatic heterocycles. The molecule has 0 amide bonds. The van der Waals surface area contributed by atoms with Crippen LogP contribution < -0.4 is 0 Å². The molecule has 4 nitrogen and oxygen atoms in total. The van der Waals surface area contributed by atoms with E-state index < -0.39 is 20.9 Å². The zero-order valence-corrected chi connectivity index (χ0v) is 14.1. The highest BCUT2D eigenvalue weighted by Crippen LogP contribution is 2.30. The normalized spacial score (nSPS) is 18.3. The summed E-state index contributed by atoms with van der Waals surface area (Å²) in [6.45, 7) is 0.518. The average Bonchev–Trinajstić information content (AvgIpc) is 2.51. The van der Waals surface area contributed by atoms with Gasteiger partial charge in [-0.15, -0.1) is 0 Å². The number of ether oxygens (including phenoxy) is 1. The number of benzene rings is 1. The molecule has 1 aliphatic carbocycles. The Morgan fingerprint density at radius 1 is 1.39 bits per heavy atom. The third-order valence-electron chi connectivity index (χ3n) is 3.87. The zero-order valence-electron chi connectivity index (χ0n) is 12.5. The highest BCUT2D eigenvalue weighted by molar-refractivity contribution is 7.91. The molecule has 0 aromatic heterocycles. The third kappa shape index (κ3) is 4.78. The molecule has 1 aromatic carbocycles. The summed E-state index contributed by atoms with van der Waals surface area (Å²) >= 11 is 5.94. The number of halogens is 2. The molecule has 0 heterocycles. The molecule has 1 atom stereocenters. The Labute approximate surface area is 140 Å². The van der Waals surface area contributed by atoms with Crippen LogP contribution in [0.3, 0.4) is 0 Å². The Kier molecular flexibility index (Phi) is 6.18. The van der Waals surface area contributed by atoms with Gasteiger partial charge in [-0.25, -0.2) is 12.8 Å². The molecule has 0 bridgehead atoms. The van der Waals surface area contributed by atoms with Gasteiger partial charge in [0.2, 0.25) is 0 Å². The van der Waals surface area contributed by atoms with E-state index in [1.165, 1.54) is 12.1 Å². The van der Waals surface area contributed by atoms with E-state index in [1.807, 2.05) is 6.08 Å². The maximum Gasteiger partial charge on any atom is 0.293 e. The minimum absolute atomic E-state index is 0.110. The van der Waals surface area contributed by atoms with Gasteiger partial charge in [0.25, 0.3) is 6.47 Å². The lowest BCUT2D eigenvalue weighted by Gasteiger charge is -2.24. The maximum atomic E-state index is 13.1. The predicted molar refractivity (Wildman–Crippen MR) is 86.4 cm³/mol. The topological polar surface area (TPSA) is 60.4 Å². The molecule has 0 spiro atoms. The molecule has 1 aromatic rings. The Bertz CT molecular complexity index is 700. The molecule has 7 heteroatoms. The van der Waals surface area contributed by atoms with Gasteiger partial charge in [0.1, 0.15) is 5.82 Å². The van der Waals surface area contributed by atoms with E-state index in [0.717, 1.165) is 24.5 Å². The minimum atomic E-state index is -3.48. The van der Waals surface area contributed by atoms with Gasteiger partial charge in [-0.2, -0.15) is 0 Å². The number of hydrogen-bond donors (Lipinski definition) is 0. The average molecular weight is 361 g/mol. The number of carbonyl (C=O) groups is 1. The fraction of sp³-hybridized carbons (Fsp3) is 0.438. The summed E-state index contributed by atoms with van der Waals surface area (Å²) in [4.78, 5) is 10.2. The summed E-state index contributed by atoms with van der Waals surface area (Å²) < 4.78 is 43.2. The van der Waals surface area contributed by atoms with Crippen molar-refractivity contribution in [2.45, 2.75) is 36.7 Å². The number of allylic oxidation sites excluding steroid dienone is 1. The van der Waals surface area contributed by atoms with E-state index >= 15 is 0 Å². The van der Waals surface area contributed by atoms with Crippen molar-refractivity contribution in [3.63, 3.8) is 0 Å². The van der Waals surface area contributed by atoms with Gasteiger partial charge in [0.15, 0.2) is 9.84 Å². The molecule has 2 rings (SSSR count). The summed E-state index contributed by atoms with van der Waals surface area (Å²) in [6, 6.07) is 3.71. The first kappa shape index (κ1) is 17.9. The van der Waals surface area contributed by atoms with Crippen LogP contribution in [0, 0.1) is 5.82 Å². The van der Waals surface area contributed by atoms with Gasteiger partial charge in [0, 0.05) is 11.4 Å². The van der Waals surface area contributed by atoms with Crippen LogP contribution >= 0.6 is 11.6 Å². The van der Waals surface area contributed by atoms with E-state index in [4.69, 9.17) is 11.6 Å². The Hall–Kier alpha value is -1.40. The van der Waals surface area contributed by atoms with Crippen LogP contribution in [0.25, 0.3) is 0 Å². The van der Waals surface area contributed by atoms with Crippen LogP contribution in [-0.2, 0) is 25.1 Å². The molecular formula is C16H18ClFO4S. The quantitative estimate of drug-likeness (QED) is 0.424. The van der Waals surface area contributed by atoms with E-state index in [2.05, 4.69) is 4.74 Å². The minimum Gasteiger partial charge on any atom is -0.468 e. The smallest absolute Gasteiger partial charge is 0.293 e. The number of sulfone groups is 1. The van der Waals surface area contributed by atoms with Crippen molar-refractivity contribution in [1.29, 1.82) is 0 Å². The highest BCUT2D eigenvalue weighted by atomic mass is 35.5.